The van der Waals surface area contributed by atoms with Crippen molar-refractivity contribution in [3.63, 3.8) is 0 Å². The molecule has 1 amide bonds. The first-order chi connectivity index (χ1) is 9.84. The molecule has 0 aromatic heterocycles. The minimum atomic E-state index is -0.392. The zero-order valence-corrected chi connectivity index (χ0v) is 13.7. The van der Waals surface area contributed by atoms with Crippen LogP contribution in [0, 0.1) is 5.41 Å². The summed E-state index contributed by atoms with van der Waals surface area (Å²) < 4.78 is 0. The first kappa shape index (κ1) is 16.0. The van der Waals surface area contributed by atoms with Gasteiger partial charge in [-0.25, -0.2) is 0 Å². The Balaban J connectivity index is 2.21. The van der Waals surface area contributed by atoms with E-state index in [9.17, 15) is 9.59 Å². The van der Waals surface area contributed by atoms with Crippen molar-refractivity contribution in [2.75, 3.05) is 17.3 Å². The van der Waals surface area contributed by atoms with E-state index in [4.69, 9.17) is 11.6 Å². The van der Waals surface area contributed by atoms with Crippen molar-refractivity contribution in [2.24, 2.45) is 5.41 Å². The van der Waals surface area contributed by atoms with E-state index in [1.807, 2.05) is 43.9 Å². The van der Waals surface area contributed by atoms with Gasteiger partial charge in [-0.2, -0.15) is 0 Å². The van der Waals surface area contributed by atoms with Gasteiger partial charge < -0.3 is 4.90 Å². The zero-order valence-electron chi connectivity index (χ0n) is 12.9. The fourth-order valence-corrected chi connectivity index (χ4v) is 2.70. The second kappa shape index (κ2) is 6.18. The van der Waals surface area contributed by atoms with Gasteiger partial charge in [-0.05, 0) is 36.6 Å². The fourth-order valence-electron chi connectivity index (χ4n) is 2.56. The molecule has 0 N–H and O–H groups in total. The topological polar surface area (TPSA) is 37.4 Å². The number of halogens is 1. The average Bonchev–Trinajstić information content (AvgIpc) is 2.85. The van der Waals surface area contributed by atoms with Crippen molar-refractivity contribution in [1.82, 2.24) is 0 Å². The summed E-state index contributed by atoms with van der Waals surface area (Å²) in [6, 6.07) is 5.66. The van der Waals surface area contributed by atoms with Crippen LogP contribution in [0.25, 0.3) is 0 Å². The lowest BCUT2D eigenvalue weighted by Gasteiger charge is -2.26. The molecule has 114 valence electrons. The van der Waals surface area contributed by atoms with E-state index in [0.29, 0.717) is 25.3 Å². The second-order valence-corrected chi connectivity index (χ2v) is 6.89. The molecule has 0 atom stereocenters. The van der Waals surface area contributed by atoms with Crippen LogP contribution in [-0.2, 0) is 11.2 Å². The number of benzene rings is 1. The van der Waals surface area contributed by atoms with Gasteiger partial charge in [-0.15, -0.1) is 11.6 Å². The van der Waals surface area contributed by atoms with E-state index in [-0.39, 0.29) is 11.7 Å². The maximum Gasteiger partial charge on any atom is 0.232 e. The quantitative estimate of drug-likeness (QED) is 0.626. The number of Topliss-reactive ketones (excluding diaryl/α,β-unsaturated/α-hetero) is 1. The molecule has 1 aliphatic heterocycles. The molecule has 21 heavy (non-hydrogen) atoms. The summed E-state index contributed by atoms with van der Waals surface area (Å²) in [4.78, 5) is 26.3. The predicted molar refractivity (Wildman–Crippen MR) is 86.2 cm³/mol. The Kier molecular flexibility index (Phi) is 4.72. The maximum atomic E-state index is 12.4. The van der Waals surface area contributed by atoms with Crippen molar-refractivity contribution in [3.05, 3.63) is 29.3 Å². The molecule has 1 aromatic rings. The van der Waals surface area contributed by atoms with Gasteiger partial charge in [0, 0.05) is 35.5 Å². The van der Waals surface area contributed by atoms with Gasteiger partial charge in [0.05, 0.1) is 0 Å². The van der Waals surface area contributed by atoms with Gasteiger partial charge >= 0.3 is 0 Å². The molecule has 1 aromatic carbocycles. The summed E-state index contributed by atoms with van der Waals surface area (Å²) in [5.74, 6) is 0.756. The summed E-state index contributed by atoms with van der Waals surface area (Å²) in [7, 11) is 0. The molecule has 0 aliphatic carbocycles. The number of ketones is 1. The zero-order chi connectivity index (χ0) is 15.6. The summed E-state index contributed by atoms with van der Waals surface area (Å²) in [6.45, 7) is 6.48. The van der Waals surface area contributed by atoms with Gasteiger partial charge in [0.2, 0.25) is 5.91 Å². The Morgan fingerprint density at radius 1 is 1.29 bits per heavy atom. The van der Waals surface area contributed by atoms with Gasteiger partial charge in [0.15, 0.2) is 5.78 Å². The standard InChI is InChI=1S/C17H22ClNO2/c1-17(2,3)16(21)19-10-8-12-11-13(6-7-14(12)19)15(20)5-4-9-18/h6-7,11H,4-5,8-10H2,1-3H3. The number of alkyl halides is 1. The van der Waals surface area contributed by atoms with Crippen LogP contribution in [0.5, 0.6) is 0 Å². The van der Waals surface area contributed by atoms with Crippen molar-refractivity contribution in [2.45, 2.75) is 40.0 Å². The van der Waals surface area contributed by atoms with Crippen LogP contribution in [0.3, 0.4) is 0 Å². The summed E-state index contributed by atoms with van der Waals surface area (Å²) in [6.07, 6.45) is 1.99. The molecule has 0 fully saturated rings. The van der Waals surface area contributed by atoms with E-state index >= 15 is 0 Å². The van der Waals surface area contributed by atoms with Gasteiger partial charge in [-0.3, -0.25) is 9.59 Å². The highest BCUT2D eigenvalue weighted by atomic mass is 35.5. The van der Waals surface area contributed by atoms with Crippen molar-refractivity contribution in [1.29, 1.82) is 0 Å². The summed E-state index contributed by atoms with van der Waals surface area (Å²) in [5.41, 5.74) is 2.37. The molecule has 1 heterocycles. The van der Waals surface area contributed by atoms with Crippen LogP contribution in [0.15, 0.2) is 18.2 Å². The first-order valence-electron chi connectivity index (χ1n) is 7.38. The van der Waals surface area contributed by atoms with E-state index < -0.39 is 5.41 Å². The molecule has 0 bridgehead atoms. The molecule has 3 nitrogen and oxygen atoms in total. The Labute approximate surface area is 131 Å². The van der Waals surface area contributed by atoms with Crippen LogP contribution >= 0.6 is 11.6 Å². The maximum absolute atomic E-state index is 12.4. The van der Waals surface area contributed by atoms with Crippen LogP contribution < -0.4 is 4.90 Å². The van der Waals surface area contributed by atoms with Crippen molar-refractivity contribution in [3.8, 4) is 0 Å². The van der Waals surface area contributed by atoms with E-state index in [1.165, 1.54) is 0 Å². The summed E-state index contributed by atoms with van der Waals surface area (Å²) >= 11 is 5.63. The summed E-state index contributed by atoms with van der Waals surface area (Å²) in [5, 5.41) is 0. The van der Waals surface area contributed by atoms with Crippen LogP contribution in [0.1, 0.15) is 49.5 Å². The molecule has 4 heteroatoms. The molecule has 0 spiro atoms. The number of fused-ring (bicyclic) bond motifs is 1. The second-order valence-electron chi connectivity index (χ2n) is 6.52. The molecular formula is C17H22ClNO2. The lowest BCUT2D eigenvalue weighted by molar-refractivity contribution is -0.125. The highest BCUT2D eigenvalue weighted by Crippen LogP contribution is 2.32. The van der Waals surface area contributed by atoms with E-state index in [0.717, 1.165) is 23.2 Å². The van der Waals surface area contributed by atoms with Crippen molar-refractivity contribution < 1.29 is 9.59 Å². The Morgan fingerprint density at radius 3 is 2.62 bits per heavy atom. The largest absolute Gasteiger partial charge is 0.311 e. The minimum Gasteiger partial charge on any atom is -0.311 e. The van der Waals surface area contributed by atoms with Crippen LogP contribution in [-0.4, -0.2) is 24.1 Å². The first-order valence-corrected chi connectivity index (χ1v) is 7.92. The smallest absolute Gasteiger partial charge is 0.232 e. The van der Waals surface area contributed by atoms with Crippen molar-refractivity contribution >= 4 is 29.0 Å². The highest BCUT2D eigenvalue weighted by molar-refractivity contribution is 6.18. The minimum absolute atomic E-state index is 0.124. The number of carbonyl (C=O) groups excluding carboxylic acids is 2. The molecule has 0 radical (unpaired) electrons. The van der Waals surface area contributed by atoms with Gasteiger partial charge in [-0.1, -0.05) is 20.8 Å². The van der Waals surface area contributed by atoms with Gasteiger partial charge in [0.25, 0.3) is 0 Å². The number of nitrogens with zero attached hydrogens (tertiary/aromatic N) is 1. The number of hydrogen-bond donors (Lipinski definition) is 0. The fraction of sp³-hybridized carbons (Fsp3) is 0.529. The molecular weight excluding hydrogens is 286 g/mol. The van der Waals surface area contributed by atoms with E-state index in [1.54, 1.807) is 0 Å². The molecule has 0 saturated heterocycles. The predicted octanol–water partition coefficient (Wildman–Crippen LogP) is 3.82. The van der Waals surface area contributed by atoms with Crippen LogP contribution in [0.2, 0.25) is 0 Å². The SMILES string of the molecule is CC(C)(C)C(=O)N1CCc2cc(C(=O)CCCCl)ccc21. The number of rotatable bonds is 4. The average molecular weight is 308 g/mol. The number of amides is 1. The Morgan fingerprint density at radius 2 is 2.00 bits per heavy atom. The van der Waals surface area contributed by atoms with Crippen LogP contribution in [0.4, 0.5) is 5.69 Å². The number of carbonyl (C=O) groups is 2. The third-order valence-electron chi connectivity index (χ3n) is 3.72. The molecule has 1 aliphatic rings. The molecule has 2 rings (SSSR count). The van der Waals surface area contributed by atoms with Gasteiger partial charge in [0.1, 0.15) is 0 Å². The lowest BCUT2D eigenvalue weighted by atomic mass is 9.94. The van der Waals surface area contributed by atoms with E-state index in [2.05, 4.69) is 0 Å². The molecule has 0 unspecified atom stereocenters. The molecule has 0 saturated carbocycles. The normalized spacial score (nSPS) is 14.2. The monoisotopic (exact) mass is 307 g/mol. The highest BCUT2D eigenvalue weighted by Gasteiger charge is 2.32. The third-order valence-corrected chi connectivity index (χ3v) is 3.99. The third kappa shape index (κ3) is 3.46. The lowest BCUT2D eigenvalue weighted by Crippen LogP contribution is -2.38. The Hall–Kier alpha value is -1.35. The number of hydrogen-bond acceptors (Lipinski definition) is 2. The number of anilines is 1. The Bertz CT molecular complexity index is 560.